The van der Waals surface area contributed by atoms with Gasteiger partial charge in [-0.3, -0.25) is 4.79 Å². The number of carbonyl (C=O) groups excluding carboxylic acids is 1. The Hall–Kier alpha value is -2.06. The van der Waals surface area contributed by atoms with Crippen LogP contribution in [0.25, 0.3) is 11.0 Å². The van der Waals surface area contributed by atoms with Crippen molar-refractivity contribution in [2.24, 2.45) is 0 Å². The van der Waals surface area contributed by atoms with E-state index in [0.717, 1.165) is 5.56 Å². The smallest absolute Gasteiger partial charge is 0.336 e. The second kappa shape index (κ2) is 6.68. The fourth-order valence-corrected chi connectivity index (χ4v) is 4.64. The maximum Gasteiger partial charge on any atom is 0.336 e. The molecule has 0 saturated carbocycles. The lowest BCUT2D eigenvalue weighted by Crippen LogP contribution is -2.38. The molecule has 0 bridgehead atoms. The molecule has 1 fully saturated rings. The summed E-state index contributed by atoms with van der Waals surface area (Å²) < 4.78 is 33.3. The van der Waals surface area contributed by atoms with Crippen LogP contribution >= 0.6 is 11.6 Å². The van der Waals surface area contributed by atoms with Crippen LogP contribution in [0.5, 0.6) is 5.75 Å². The number of amides is 1. The van der Waals surface area contributed by atoms with Crippen molar-refractivity contribution in [3.05, 3.63) is 39.2 Å². The molecule has 3 rings (SSSR count). The molecular weight excluding hydrogens is 370 g/mol. The Labute approximate surface area is 148 Å². The van der Waals surface area contributed by atoms with Crippen molar-refractivity contribution in [1.29, 1.82) is 0 Å². The van der Waals surface area contributed by atoms with Crippen LogP contribution in [-0.4, -0.2) is 38.5 Å². The second-order valence-electron chi connectivity index (χ2n) is 5.98. The van der Waals surface area contributed by atoms with Crippen molar-refractivity contribution in [3.63, 3.8) is 0 Å². The Bertz CT molecular complexity index is 998. The third-order valence-corrected chi connectivity index (χ3v) is 6.02. The van der Waals surface area contributed by atoms with Gasteiger partial charge in [0.2, 0.25) is 0 Å². The minimum atomic E-state index is -3.07. The van der Waals surface area contributed by atoms with Crippen molar-refractivity contribution in [2.75, 3.05) is 18.1 Å². The van der Waals surface area contributed by atoms with E-state index in [1.165, 1.54) is 12.1 Å². The van der Waals surface area contributed by atoms with E-state index in [0.29, 0.717) is 17.4 Å². The number of nitrogens with one attached hydrogen (secondary N) is 1. The molecule has 0 radical (unpaired) electrons. The summed E-state index contributed by atoms with van der Waals surface area (Å²) in [6.45, 7) is 1.44. The number of rotatable bonds is 4. The molecule has 1 aromatic heterocycles. The highest BCUT2D eigenvalue weighted by Gasteiger charge is 2.28. The summed E-state index contributed by atoms with van der Waals surface area (Å²) in [5.74, 6) is -0.214. The highest BCUT2D eigenvalue weighted by Crippen LogP contribution is 2.30. The van der Waals surface area contributed by atoms with Gasteiger partial charge in [0, 0.05) is 23.6 Å². The van der Waals surface area contributed by atoms with Crippen LogP contribution in [0.2, 0.25) is 5.02 Å². The minimum Gasteiger partial charge on any atom is -0.482 e. The van der Waals surface area contributed by atoms with E-state index in [2.05, 4.69) is 5.32 Å². The monoisotopic (exact) mass is 385 g/mol. The number of hydrogen-bond acceptors (Lipinski definition) is 6. The first-order valence-corrected chi connectivity index (χ1v) is 9.80. The van der Waals surface area contributed by atoms with E-state index in [9.17, 15) is 18.0 Å². The maximum atomic E-state index is 11.9. The van der Waals surface area contributed by atoms with Crippen LogP contribution in [0.3, 0.4) is 0 Å². The lowest BCUT2D eigenvalue weighted by Gasteiger charge is -2.13. The fourth-order valence-electron chi connectivity index (χ4n) is 2.75. The molecule has 2 aromatic rings. The summed E-state index contributed by atoms with van der Waals surface area (Å²) in [7, 11) is -3.07. The van der Waals surface area contributed by atoms with Gasteiger partial charge < -0.3 is 14.5 Å². The molecule has 1 saturated heterocycles. The molecule has 1 aliphatic rings. The molecule has 1 aliphatic heterocycles. The van der Waals surface area contributed by atoms with E-state index in [4.69, 9.17) is 20.8 Å². The molecule has 1 atom stereocenters. The van der Waals surface area contributed by atoms with Gasteiger partial charge in [-0.15, -0.1) is 0 Å². The Morgan fingerprint density at radius 3 is 2.84 bits per heavy atom. The number of ether oxygens (including phenoxy) is 1. The van der Waals surface area contributed by atoms with Crippen molar-refractivity contribution in [2.45, 2.75) is 19.4 Å². The summed E-state index contributed by atoms with van der Waals surface area (Å²) >= 11 is 6.15. The molecular formula is C16H16ClNO6S. The quantitative estimate of drug-likeness (QED) is 0.799. The highest BCUT2D eigenvalue weighted by molar-refractivity contribution is 7.91. The summed E-state index contributed by atoms with van der Waals surface area (Å²) in [6.07, 6.45) is 0.398. The van der Waals surface area contributed by atoms with Gasteiger partial charge in [-0.1, -0.05) is 11.6 Å². The number of fused-ring (bicyclic) bond motifs is 1. The van der Waals surface area contributed by atoms with Gasteiger partial charge in [0.15, 0.2) is 16.4 Å². The summed E-state index contributed by atoms with van der Waals surface area (Å²) in [5, 5.41) is 3.58. The Balaban J connectivity index is 1.69. The molecule has 0 spiro atoms. The summed E-state index contributed by atoms with van der Waals surface area (Å²) in [6, 6.07) is 4.03. The van der Waals surface area contributed by atoms with E-state index >= 15 is 0 Å². The predicted molar refractivity (Wildman–Crippen MR) is 92.9 cm³/mol. The van der Waals surface area contributed by atoms with Gasteiger partial charge in [-0.2, -0.15) is 0 Å². The molecule has 134 valence electrons. The number of sulfone groups is 1. The standard InChI is InChI=1S/C16H16ClNO6S/c1-9-4-16(20)24-13-6-14(12(17)5-11(9)13)23-7-15(19)18-10-2-3-25(21,22)8-10/h4-6,10H,2-3,7-8H2,1H3,(H,18,19)/t10-/m0/s1. The zero-order chi connectivity index (χ0) is 18.2. The lowest BCUT2D eigenvalue weighted by atomic mass is 10.1. The molecule has 0 unspecified atom stereocenters. The van der Waals surface area contributed by atoms with Crippen LogP contribution in [-0.2, 0) is 14.6 Å². The van der Waals surface area contributed by atoms with Crippen molar-refractivity contribution in [1.82, 2.24) is 5.32 Å². The Morgan fingerprint density at radius 1 is 1.40 bits per heavy atom. The van der Waals surface area contributed by atoms with Crippen LogP contribution in [0.4, 0.5) is 0 Å². The van der Waals surface area contributed by atoms with Crippen molar-refractivity contribution < 1.29 is 22.4 Å². The number of halogens is 1. The molecule has 7 nitrogen and oxygen atoms in total. The normalized spacial score (nSPS) is 19.0. The van der Waals surface area contributed by atoms with Gasteiger partial charge in [0.1, 0.15) is 11.3 Å². The Kier molecular flexibility index (Phi) is 4.75. The average Bonchev–Trinajstić information content (AvgIpc) is 2.85. The van der Waals surface area contributed by atoms with Crippen molar-refractivity contribution in [3.8, 4) is 5.75 Å². The van der Waals surface area contributed by atoms with E-state index in [-0.39, 0.29) is 28.9 Å². The van der Waals surface area contributed by atoms with Gasteiger partial charge >= 0.3 is 5.63 Å². The maximum absolute atomic E-state index is 11.9. The molecule has 9 heteroatoms. The summed E-state index contributed by atoms with van der Waals surface area (Å²) in [4.78, 5) is 23.4. The topological polar surface area (TPSA) is 103 Å². The minimum absolute atomic E-state index is 0.0557. The zero-order valence-corrected chi connectivity index (χ0v) is 14.9. The molecule has 2 heterocycles. The molecule has 25 heavy (non-hydrogen) atoms. The van der Waals surface area contributed by atoms with E-state index < -0.39 is 27.4 Å². The number of carbonyl (C=O) groups is 1. The molecule has 1 aromatic carbocycles. The van der Waals surface area contributed by atoms with Crippen molar-refractivity contribution >= 4 is 38.3 Å². The van der Waals surface area contributed by atoms with E-state index in [1.54, 1.807) is 13.0 Å². The average molecular weight is 386 g/mol. The van der Waals surface area contributed by atoms with Crippen LogP contribution in [0.15, 0.2) is 27.4 Å². The predicted octanol–water partition coefficient (Wildman–Crippen LogP) is 1.44. The van der Waals surface area contributed by atoms with Gasteiger partial charge in [0.25, 0.3) is 5.91 Å². The third-order valence-electron chi connectivity index (χ3n) is 3.96. The van der Waals surface area contributed by atoms with Crippen LogP contribution < -0.4 is 15.7 Å². The SMILES string of the molecule is Cc1cc(=O)oc2cc(OCC(=O)N[C@H]3CCS(=O)(=O)C3)c(Cl)cc12. The fraction of sp³-hybridized carbons (Fsp3) is 0.375. The molecule has 1 amide bonds. The molecule has 1 N–H and O–H groups in total. The van der Waals surface area contributed by atoms with Gasteiger partial charge in [-0.25, -0.2) is 13.2 Å². The first-order valence-electron chi connectivity index (χ1n) is 7.60. The van der Waals surface area contributed by atoms with Crippen LogP contribution in [0.1, 0.15) is 12.0 Å². The number of aryl methyl sites for hydroxylation is 1. The first-order chi connectivity index (χ1) is 11.7. The molecule has 0 aliphatic carbocycles. The van der Waals surface area contributed by atoms with Gasteiger partial charge in [0.05, 0.1) is 16.5 Å². The lowest BCUT2D eigenvalue weighted by molar-refractivity contribution is -0.123. The second-order valence-corrected chi connectivity index (χ2v) is 8.62. The first kappa shape index (κ1) is 17.8. The third kappa shape index (κ3) is 4.13. The largest absolute Gasteiger partial charge is 0.482 e. The van der Waals surface area contributed by atoms with E-state index in [1.807, 2.05) is 0 Å². The summed E-state index contributed by atoms with van der Waals surface area (Å²) in [5.41, 5.74) is 0.546. The van der Waals surface area contributed by atoms with Gasteiger partial charge in [-0.05, 0) is 25.0 Å². The number of benzene rings is 1. The number of hydrogen-bond donors (Lipinski definition) is 1. The van der Waals surface area contributed by atoms with Crippen LogP contribution in [0, 0.1) is 6.92 Å². The highest BCUT2D eigenvalue weighted by atomic mass is 35.5. The Morgan fingerprint density at radius 2 is 2.16 bits per heavy atom. The zero-order valence-electron chi connectivity index (χ0n) is 13.4.